The first-order valence-electron chi connectivity index (χ1n) is 5.59. The fourth-order valence-corrected chi connectivity index (χ4v) is 1.85. The summed E-state index contributed by atoms with van der Waals surface area (Å²) in [5.41, 5.74) is 3.57. The van der Waals surface area contributed by atoms with Crippen molar-refractivity contribution in [1.82, 2.24) is 9.97 Å². The zero-order valence-electron chi connectivity index (χ0n) is 10.6. The molecule has 0 fully saturated rings. The van der Waals surface area contributed by atoms with E-state index in [1.54, 1.807) is 0 Å². The normalized spacial score (nSPS) is 11.3. The third kappa shape index (κ3) is 3.17. The van der Waals surface area contributed by atoms with Gasteiger partial charge in [0.1, 0.15) is 6.33 Å². The smallest absolute Gasteiger partial charge is 0.378 e. The number of halogens is 4. The molecule has 0 bridgehead atoms. The van der Waals surface area contributed by atoms with Gasteiger partial charge >= 0.3 is 11.9 Å². The zero-order chi connectivity index (χ0) is 16.5. The lowest BCUT2D eigenvalue weighted by molar-refractivity contribution is -0.383. The number of nitrogens with one attached hydrogen (secondary N) is 1. The molecule has 0 spiro atoms. The first-order chi connectivity index (χ1) is 10.2. The minimum atomic E-state index is -4.66. The molecule has 0 saturated carbocycles. The maximum atomic E-state index is 12.8. The van der Waals surface area contributed by atoms with Crippen LogP contribution in [0.25, 0.3) is 0 Å². The highest BCUT2D eigenvalue weighted by molar-refractivity contribution is 6.31. The first-order valence-corrected chi connectivity index (χ1v) is 5.96. The molecule has 0 aliphatic heterocycles. The third-order valence-corrected chi connectivity index (χ3v) is 2.90. The van der Waals surface area contributed by atoms with E-state index in [1.165, 1.54) is 6.07 Å². The number of alkyl halides is 3. The summed E-state index contributed by atoms with van der Waals surface area (Å²) in [7, 11) is 0. The van der Waals surface area contributed by atoms with Crippen LogP contribution in [0.3, 0.4) is 0 Å². The Morgan fingerprint density at radius 1 is 1.32 bits per heavy atom. The van der Waals surface area contributed by atoms with E-state index in [9.17, 15) is 23.3 Å². The van der Waals surface area contributed by atoms with Crippen LogP contribution >= 0.6 is 11.6 Å². The van der Waals surface area contributed by atoms with Gasteiger partial charge in [-0.25, -0.2) is 9.97 Å². The van der Waals surface area contributed by atoms with Gasteiger partial charge in [-0.2, -0.15) is 13.2 Å². The van der Waals surface area contributed by atoms with Crippen LogP contribution in [0, 0.1) is 10.1 Å². The summed E-state index contributed by atoms with van der Waals surface area (Å²) >= 11 is 5.49. The van der Waals surface area contributed by atoms with Gasteiger partial charge in [0.05, 0.1) is 15.5 Å². The van der Waals surface area contributed by atoms with Crippen LogP contribution in [0.4, 0.5) is 36.2 Å². The standard InChI is InChI=1S/C11H7ClF3N5O2/c12-7-2-1-5(3-6(7)11(13,14)15)19-10-8(20(21)22)9(16)17-4-18-10/h1-4H,(H3,16,17,18,19). The highest BCUT2D eigenvalue weighted by Gasteiger charge is 2.33. The molecule has 1 heterocycles. The average Bonchev–Trinajstić information content (AvgIpc) is 2.39. The lowest BCUT2D eigenvalue weighted by Crippen LogP contribution is -2.08. The van der Waals surface area contributed by atoms with E-state index in [0.29, 0.717) is 6.07 Å². The van der Waals surface area contributed by atoms with Crippen molar-refractivity contribution in [2.45, 2.75) is 6.18 Å². The van der Waals surface area contributed by atoms with E-state index in [0.717, 1.165) is 12.4 Å². The van der Waals surface area contributed by atoms with E-state index in [1.807, 2.05) is 0 Å². The van der Waals surface area contributed by atoms with Crippen LogP contribution in [0.2, 0.25) is 5.02 Å². The minimum Gasteiger partial charge on any atom is -0.378 e. The van der Waals surface area contributed by atoms with Crippen molar-refractivity contribution in [2.24, 2.45) is 0 Å². The number of hydrogen-bond donors (Lipinski definition) is 2. The summed E-state index contributed by atoms with van der Waals surface area (Å²) < 4.78 is 38.3. The maximum Gasteiger partial charge on any atom is 0.417 e. The van der Waals surface area contributed by atoms with Gasteiger partial charge < -0.3 is 11.1 Å². The molecule has 1 aromatic carbocycles. The van der Waals surface area contributed by atoms with Crippen molar-refractivity contribution < 1.29 is 18.1 Å². The number of nitro groups is 1. The Bertz CT molecular complexity index is 738. The van der Waals surface area contributed by atoms with Crippen molar-refractivity contribution >= 4 is 34.6 Å². The average molecular weight is 334 g/mol. The molecule has 0 aliphatic carbocycles. The Morgan fingerprint density at radius 2 is 2.00 bits per heavy atom. The molecule has 0 atom stereocenters. The third-order valence-electron chi connectivity index (χ3n) is 2.57. The van der Waals surface area contributed by atoms with Crippen molar-refractivity contribution in [1.29, 1.82) is 0 Å². The van der Waals surface area contributed by atoms with Gasteiger partial charge in [0.2, 0.25) is 11.6 Å². The molecule has 0 amide bonds. The lowest BCUT2D eigenvalue weighted by atomic mass is 10.2. The minimum absolute atomic E-state index is 0.0853. The van der Waals surface area contributed by atoms with Gasteiger partial charge in [-0.05, 0) is 18.2 Å². The fourth-order valence-electron chi connectivity index (χ4n) is 1.62. The van der Waals surface area contributed by atoms with Crippen LogP contribution in [0.15, 0.2) is 24.5 Å². The molecular weight excluding hydrogens is 327 g/mol. The maximum absolute atomic E-state index is 12.8. The van der Waals surface area contributed by atoms with Gasteiger partial charge in [0.15, 0.2) is 0 Å². The van der Waals surface area contributed by atoms with Gasteiger partial charge in [-0.15, -0.1) is 0 Å². The second kappa shape index (κ2) is 5.64. The summed E-state index contributed by atoms with van der Waals surface area (Å²) in [5.74, 6) is -0.736. The summed E-state index contributed by atoms with van der Waals surface area (Å²) in [6.45, 7) is 0. The predicted molar refractivity (Wildman–Crippen MR) is 72.8 cm³/mol. The Hall–Kier alpha value is -2.62. The lowest BCUT2D eigenvalue weighted by Gasteiger charge is -2.12. The summed E-state index contributed by atoms with van der Waals surface area (Å²) in [5, 5.41) is 12.8. The number of aromatic nitrogens is 2. The van der Waals surface area contributed by atoms with Gasteiger partial charge in [-0.1, -0.05) is 11.6 Å². The van der Waals surface area contributed by atoms with E-state index < -0.39 is 33.2 Å². The number of anilines is 3. The fraction of sp³-hybridized carbons (Fsp3) is 0.0909. The van der Waals surface area contributed by atoms with Crippen LogP contribution in [0.1, 0.15) is 5.56 Å². The highest BCUT2D eigenvalue weighted by atomic mass is 35.5. The molecule has 3 N–H and O–H groups in total. The van der Waals surface area contributed by atoms with Crippen LogP contribution in [-0.4, -0.2) is 14.9 Å². The van der Waals surface area contributed by atoms with Crippen molar-refractivity contribution in [2.75, 3.05) is 11.1 Å². The second-order valence-electron chi connectivity index (χ2n) is 4.03. The number of nitrogens with zero attached hydrogens (tertiary/aromatic N) is 3. The van der Waals surface area contributed by atoms with E-state index in [-0.39, 0.29) is 11.5 Å². The van der Waals surface area contributed by atoms with Crippen LogP contribution < -0.4 is 11.1 Å². The van der Waals surface area contributed by atoms with Crippen molar-refractivity contribution in [3.8, 4) is 0 Å². The molecule has 0 radical (unpaired) electrons. The van der Waals surface area contributed by atoms with Gasteiger partial charge in [0.25, 0.3) is 0 Å². The Morgan fingerprint density at radius 3 is 2.59 bits per heavy atom. The molecule has 0 saturated heterocycles. The second-order valence-corrected chi connectivity index (χ2v) is 4.44. The van der Waals surface area contributed by atoms with Gasteiger partial charge in [0, 0.05) is 5.69 Å². The predicted octanol–water partition coefficient (Wildman–Crippen LogP) is 3.38. The topological polar surface area (TPSA) is 107 Å². The summed E-state index contributed by atoms with van der Waals surface area (Å²) in [6.07, 6.45) is -3.71. The van der Waals surface area contributed by atoms with E-state index in [4.69, 9.17) is 17.3 Å². The largest absolute Gasteiger partial charge is 0.417 e. The highest BCUT2D eigenvalue weighted by Crippen LogP contribution is 2.37. The zero-order valence-corrected chi connectivity index (χ0v) is 11.3. The monoisotopic (exact) mass is 333 g/mol. The quantitative estimate of drug-likeness (QED) is 0.658. The molecule has 0 unspecified atom stereocenters. The molecule has 2 rings (SSSR count). The number of rotatable bonds is 3. The molecule has 0 aliphatic rings. The number of nitrogens with two attached hydrogens (primary N) is 1. The van der Waals surface area contributed by atoms with E-state index >= 15 is 0 Å². The number of benzene rings is 1. The van der Waals surface area contributed by atoms with Crippen LogP contribution in [0.5, 0.6) is 0 Å². The molecule has 116 valence electrons. The summed E-state index contributed by atoms with van der Waals surface area (Å²) in [4.78, 5) is 17.2. The molecule has 2 aromatic rings. The van der Waals surface area contributed by atoms with Crippen LogP contribution in [-0.2, 0) is 6.18 Å². The van der Waals surface area contributed by atoms with Gasteiger partial charge in [-0.3, -0.25) is 10.1 Å². The summed E-state index contributed by atoms with van der Waals surface area (Å²) in [6, 6.07) is 2.95. The van der Waals surface area contributed by atoms with Crippen molar-refractivity contribution in [3.63, 3.8) is 0 Å². The molecular formula is C11H7ClF3N5O2. The number of hydrogen-bond acceptors (Lipinski definition) is 6. The Kier molecular flexibility index (Phi) is 4.04. The SMILES string of the molecule is Nc1ncnc(Nc2ccc(Cl)c(C(F)(F)F)c2)c1[N+](=O)[O-]. The molecule has 22 heavy (non-hydrogen) atoms. The van der Waals surface area contributed by atoms with E-state index in [2.05, 4.69) is 15.3 Å². The molecule has 11 heteroatoms. The Balaban J connectivity index is 2.45. The first kappa shape index (κ1) is 15.8. The van der Waals surface area contributed by atoms with Crippen molar-refractivity contribution in [3.05, 3.63) is 45.2 Å². The Labute approximate surface area is 126 Å². The molecule has 7 nitrogen and oxygen atoms in total. The molecule has 1 aromatic heterocycles. The number of nitrogen functional groups attached to an aromatic ring is 1.